The minimum Gasteiger partial charge on any atom is -0.494 e. The first kappa shape index (κ1) is 13.9. The van der Waals surface area contributed by atoms with Gasteiger partial charge in [-0.15, -0.1) is 0 Å². The lowest BCUT2D eigenvalue weighted by molar-refractivity contribution is -0.144. The molecule has 2 atom stereocenters. The number of rotatable bonds is 5. The van der Waals surface area contributed by atoms with E-state index in [1.807, 2.05) is 31.2 Å². The topological polar surface area (TPSA) is 55.8 Å². The van der Waals surface area contributed by atoms with Crippen molar-refractivity contribution >= 4 is 5.97 Å². The molecule has 0 aliphatic carbocycles. The van der Waals surface area contributed by atoms with Crippen LogP contribution in [0.1, 0.15) is 37.7 Å². The third-order valence-corrected chi connectivity index (χ3v) is 3.40. The first-order valence-corrected chi connectivity index (χ1v) is 6.79. The summed E-state index contributed by atoms with van der Waals surface area (Å²) in [5.74, 6) is -0.646. The van der Waals surface area contributed by atoms with E-state index in [0.717, 1.165) is 30.6 Å². The van der Waals surface area contributed by atoms with Gasteiger partial charge in [0.2, 0.25) is 0 Å². The van der Waals surface area contributed by atoms with Gasteiger partial charge in [0.1, 0.15) is 11.7 Å². The molecule has 1 heterocycles. The number of carbonyl (C=O) groups is 1. The van der Waals surface area contributed by atoms with E-state index in [1.165, 1.54) is 0 Å². The van der Waals surface area contributed by atoms with Crippen molar-refractivity contribution in [1.82, 2.24) is 0 Å². The van der Waals surface area contributed by atoms with Gasteiger partial charge in [-0.25, -0.2) is 0 Å². The number of hydrogen-bond donors (Lipinski definition) is 1. The summed E-state index contributed by atoms with van der Waals surface area (Å²) >= 11 is 0. The number of carboxylic acid groups (broad SMARTS) is 1. The Morgan fingerprint density at radius 3 is 2.68 bits per heavy atom. The minimum absolute atomic E-state index is 0.218. The Balaban J connectivity index is 2.15. The molecule has 0 radical (unpaired) electrons. The summed E-state index contributed by atoms with van der Waals surface area (Å²) in [6.07, 6.45) is 2.64. The Morgan fingerprint density at radius 2 is 2.16 bits per heavy atom. The van der Waals surface area contributed by atoms with Crippen LogP contribution in [-0.2, 0) is 9.53 Å². The predicted molar refractivity (Wildman–Crippen MR) is 71.6 cm³/mol. The molecular formula is C15H20O4. The summed E-state index contributed by atoms with van der Waals surface area (Å²) in [6, 6.07) is 7.28. The molecule has 4 heteroatoms. The van der Waals surface area contributed by atoms with Gasteiger partial charge in [-0.2, -0.15) is 0 Å². The number of benzene rings is 1. The Labute approximate surface area is 113 Å². The average molecular weight is 264 g/mol. The fraction of sp³-hybridized carbons (Fsp3) is 0.533. The summed E-state index contributed by atoms with van der Waals surface area (Å²) in [7, 11) is 0. The lowest BCUT2D eigenvalue weighted by atomic mass is 9.89. The summed E-state index contributed by atoms with van der Waals surface area (Å²) in [5.41, 5.74) is 0.780. The Bertz CT molecular complexity index is 407. The van der Waals surface area contributed by atoms with Crippen molar-refractivity contribution in [3.8, 4) is 5.75 Å². The normalized spacial score (nSPS) is 20.8. The van der Waals surface area contributed by atoms with E-state index in [0.29, 0.717) is 13.2 Å². The molecule has 19 heavy (non-hydrogen) atoms. The second-order valence-electron chi connectivity index (χ2n) is 4.72. The fourth-order valence-corrected chi connectivity index (χ4v) is 2.48. The molecule has 104 valence electrons. The van der Waals surface area contributed by atoms with Gasteiger partial charge in [0, 0.05) is 6.61 Å². The molecule has 1 saturated heterocycles. The van der Waals surface area contributed by atoms with Crippen molar-refractivity contribution in [1.29, 1.82) is 0 Å². The summed E-state index contributed by atoms with van der Waals surface area (Å²) < 4.78 is 11.0. The SMILES string of the molecule is CCOc1ccc(C(C(=O)O)C2CCCCO2)cc1. The summed E-state index contributed by atoms with van der Waals surface area (Å²) in [6.45, 7) is 3.18. The summed E-state index contributed by atoms with van der Waals surface area (Å²) in [4.78, 5) is 11.5. The van der Waals surface area contributed by atoms with Crippen molar-refractivity contribution in [2.45, 2.75) is 38.2 Å². The zero-order valence-electron chi connectivity index (χ0n) is 11.2. The quantitative estimate of drug-likeness (QED) is 0.888. The second kappa shape index (κ2) is 6.57. The molecular weight excluding hydrogens is 244 g/mol. The van der Waals surface area contributed by atoms with Crippen LogP contribution in [0, 0.1) is 0 Å². The van der Waals surface area contributed by atoms with E-state index < -0.39 is 11.9 Å². The van der Waals surface area contributed by atoms with Gasteiger partial charge in [0.05, 0.1) is 12.7 Å². The van der Waals surface area contributed by atoms with Gasteiger partial charge in [0.25, 0.3) is 0 Å². The van der Waals surface area contributed by atoms with Crippen molar-refractivity contribution < 1.29 is 19.4 Å². The van der Waals surface area contributed by atoms with Gasteiger partial charge in [-0.1, -0.05) is 12.1 Å². The third kappa shape index (κ3) is 3.47. The fourth-order valence-electron chi connectivity index (χ4n) is 2.48. The maximum atomic E-state index is 11.5. The van der Waals surface area contributed by atoms with Crippen molar-refractivity contribution in [2.75, 3.05) is 13.2 Å². The smallest absolute Gasteiger partial charge is 0.313 e. The van der Waals surface area contributed by atoms with E-state index in [4.69, 9.17) is 9.47 Å². The van der Waals surface area contributed by atoms with E-state index in [1.54, 1.807) is 0 Å². The number of ether oxygens (including phenoxy) is 2. The molecule has 0 aromatic heterocycles. The van der Waals surface area contributed by atoms with E-state index in [-0.39, 0.29) is 6.10 Å². The van der Waals surface area contributed by atoms with Crippen LogP contribution >= 0.6 is 0 Å². The van der Waals surface area contributed by atoms with E-state index in [9.17, 15) is 9.90 Å². The monoisotopic (exact) mass is 264 g/mol. The maximum absolute atomic E-state index is 11.5. The molecule has 1 aromatic carbocycles. The number of hydrogen-bond acceptors (Lipinski definition) is 3. The van der Waals surface area contributed by atoms with Crippen LogP contribution < -0.4 is 4.74 Å². The number of carboxylic acids is 1. The van der Waals surface area contributed by atoms with Gasteiger partial charge < -0.3 is 14.6 Å². The largest absolute Gasteiger partial charge is 0.494 e. The van der Waals surface area contributed by atoms with Crippen LogP contribution in [0.15, 0.2) is 24.3 Å². The van der Waals surface area contributed by atoms with Crippen molar-refractivity contribution in [3.63, 3.8) is 0 Å². The van der Waals surface area contributed by atoms with E-state index >= 15 is 0 Å². The molecule has 1 fully saturated rings. The highest BCUT2D eigenvalue weighted by molar-refractivity contribution is 5.77. The molecule has 1 N–H and O–H groups in total. The molecule has 1 aromatic rings. The third-order valence-electron chi connectivity index (χ3n) is 3.40. The zero-order chi connectivity index (χ0) is 13.7. The first-order valence-electron chi connectivity index (χ1n) is 6.79. The molecule has 1 aliphatic rings. The van der Waals surface area contributed by atoms with Gasteiger partial charge in [-0.05, 0) is 43.9 Å². The van der Waals surface area contributed by atoms with Crippen molar-refractivity contribution in [3.05, 3.63) is 29.8 Å². The van der Waals surface area contributed by atoms with Gasteiger partial charge >= 0.3 is 5.97 Å². The lowest BCUT2D eigenvalue weighted by Crippen LogP contribution is -2.31. The molecule has 1 aliphatic heterocycles. The Hall–Kier alpha value is -1.55. The molecule has 2 unspecified atom stereocenters. The summed E-state index contributed by atoms with van der Waals surface area (Å²) in [5, 5.41) is 9.44. The second-order valence-corrected chi connectivity index (χ2v) is 4.72. The van der Waals surface area contributed by atoms with Crippen LogP contribution in [0.4, 0.5) is 0 Å². The van der Waals surface area contributed by atoms with Crippen LogP contribution in [0.5, 0.6) is 5.75 Å². The number of aliphatic carboxylic acids is 1. The van der Waals surface area contributed by atoms with Crippen LogP contribution in [0.25, 0.3) is 0 Å². The predicted octanol–water partition coefficient (Wildman–Crippen LogP) is 2.82. The molecule has 0 bridgehead atoms. The van der Waals surface area contributed by atoms with Crippen molar-refractivity contribution in [2.24, 2.45) is 0 Å². The molecule has 0 spiro atoms. The van der Waals surface area contributed by atoms with Gasteiger partial charge in [0.15, 0.2) is 0 Å². The lowest BCUT2D eigenvalue weighted by Gasteiger charge is -2.28. The molecule has 0 amide bonds. The Kier molecular flexibility index (Phi) is 4.80. The first-order chi connectivity index (χ1) is 9.22. The average Bonchev–Trinajstić information content (AvgIpc) is 2.42. The highest BCUT2D eigenvalue weighted by Gasteiger charge is 2.31. The highest BCUT2D eigenvalue weighted by atomic mass is 16.5. The standard InChI is InChI=1S/C15H20O4/c1-2-18-12-8-6-11(7-9-12)14(15(16)17)13-5-3-4-10-19-13/h6-9,13-14H,2-5,10H2,1H3,(H,16,17). The maximum Gasteiger partial charge on any atom is 0.313 e. The van der Waals surface area contributed by atoms with Gasteiger partial charge in [-0.3, -0.25) is 4.79 Å². The van der Waals surface area contributed by atoms with Crippen LogP contribution in [0.3, 0.4) is 0 Å². The molecule has 2 rings (SSSR count). The van der Waals surface area contributed by atoms with Crippen LogP contribution in [0.2, 0.25) is 0 Å². The zero-order valence-corrected chi connectivity index (χ0v) is 11.2. The minimum atomic E-state index is -0.823. The molecule has 4 nitrogen and oxygen atoms in total. The Morgan fingerprint density at radius 1 is 1.42 bits per heavy atom. The highest BCUT2D eigenvalue weighted by Crippen LogP contribution is 2.29. The van der Waals surface area contributed by atoms with Crippen LogP contribution in [-0.4, -0.2) is 30.4 Å². The molecule has 0 saturated carbocycles. The van der Waals surface area contributed by atoms with E-state index in [2.05, 4.69) is 0 Å².